The van der Waals surface area contributed by atoms with E-state index < -0.39 is 14.5 Å². The van der Waals surface area contributed by atoms with Crippen LogP contribution in [0.15, 0.2) is 18.2 Å². The molecule has 0 aromatic heterocycles. The van der Waals surface area contributed by atoms with Gasteiger partial charge >= 0.3 is 0 Å². The van der Waals surface area contributed by atoms with Gasteiger partial charge in [-0.2, -0.15) is 0 Å². The second-order valence-corrected chi connectivity index (χ2v) is 8.70. The third-order valence-electron chi connectivity index (χ3n) is 3.48. The SMILES string of the molecule is O=S(=O)(Cl)CC1(COc2cccc(Cl)c2Cl)CCOCC1. The smallest absolute Gasteiger partial charge is 0.233 e. The summed E-state index contributed by atoms with van der Waals surface area (Å²) in [5, 5.41) is 0.704. The van der Waals surface area contributed by atoms with E-state index in [1.807, 2.05) is 0 Å². The fraction of sp³-hybridized carbons (Fsp3) is 0.538. The highest BCUT2D eigenvalue weighted by Crippen LogP contribution is 2.37. The zero-order valence-corrected chi connectivity index (χ0v) is 14.2. The lowest BCUT2D eigenvalue weighted by Gasteiger charge is -2.35. The van der Waals surface area contributed by atoms with Crippen molar-refractivity contribution < 1.29 is 17.9 Å². The highest BCUT2D eigenvalue weighted by molar-refractivity contribution is 8.13. The summed E-state index contributed by atoms with van der Waals surface area (Å²) in [5.41, 5.74) is -0.565. The Labute approximate surface area is 138 Å². The molecule has 0 saturated carbocycles. The van der Waals surface area contributed by atoms with E-state index in [4.69, 9.17) is 43.4 Å². The maximum Gasteiger partial charge on any atom is 0.233 e. The number of halogens is 3. The first-order chi connectivity index (χ1) is 9.81. The molecule has 1 heterocycles. The summed E-state index contributed by atoms with van der Waals surface area (Å²) in [5.74, 6) is 0.283. The topological polar surface area (TPSA) is 52.6 Å². The first-order valence-corrected chi connectivity index (χ1v) is 9.62. The van der Waals surface area contributed by atoms with Crippen molar-refractivity contribution >= 4 is 42.9 Å². The minimum atomic E-state index is -3.63. The average Bonchev–Trinajstić information content (AvgIpc) is 2.40. The molecule has 4 nitrogen and oxygen atoms in total. The standard InChI is InChI=1S/C13H15Cl3O4S/c14-10-2-1-3-11(12(10)15)20-8-13(9-21(16,17)18)4-6-19-7-5-13/h1-3H,4-9H2. The highest BCUT2D eigenvalue weighted by atomic mass is 35.7. The van der Waals surface area contributed by atoms with Gasteiger partial charge in [-0.3, -0.25) is 0 Å². The number of ether oxygens (including phenoxy) is 2. The normalized spacial score (nSPS) is 18.4. The van der Waals surface area contributed by atoms with Crippen LogP contribution in [0.25, 0.3) is 0 Å². The van der Waals surface area contributed by atoms with E-state index in [0.29, 0.717) is 41.9 Å². The molecular weight excluding hydrogens is 359 g/mol. The van der Waals surface area contributed by atoms with Crippen molar-refractivity contribution in [2.24, 2.45) is 5.41 Å². The van der Waals surface area contributed by atoms with Crippen molar-refractivity contribution in [3.63, 3.8) is 0 Å². The predicted molar refractivity (Wildman–Crippen MR) is 84.1 cm³/mol. The van der Waals surface area contributed by atoms with Crippen LogP contribution in [0, 0.1) is 5.41 Å². The number of hydrogen-bond donors (Lipinski definition) is 0. The van der Waals surface area contributed by atoms with Crippen molar-refractivity contribution in [3.8, 4) is 5.75 Å². The third kappa shape index (κ3) is 4.89. The van der Waals surface area contributed by atoms with E-state index in [9.17, 15) is 8.42 Å². The molecule has 0 bridgehead atoms. The quantitative estimate of drug-likeness (QED) is 0.738. The van der Waals surface area contributed by atoms with E-state index in [1.54, 1.807) is 18.2 Å². The molecule has 1 aliphatic heterocycles. The predicted octanol–water partition coefficient (Wildman–Crippen LogP) is 3.74. The molecule has 1 aromatic rings. The van der Waals surface area contributed by atoms with Crippen LogP contribution < -0.4 is 4.74 Å². The van der Waals surface area contributed by atoms with Crippen LogP contribution >= 0.6 is 33.9 Å². The number of rotatable bonds is 5. The molecule has 1 aromatic carbocycles. The zero-order chi connectivity index (χ0) is 15.5. The molecule has 0 N–H and O–H groups in total. The van der Waals surface area contributed by atoms with Crippen molar-refractivity contribution in [2.75, 3.05) is 25.6 Å². The maximum atomic E-state index is 11.5. The Morgan fingerprint density at radius 1 is 1.24 bits per heavy atom. The van der Waals surface area contributed by atoms with Gasteiger partial charge < -0.3 is 9.47 Å². The minimum absolute atomic E-state index is 0.150. The van der Waals surface area contributed by atoms with Crippen LogP contribution in [-0.2, 0) is 13.8 Å². The lowest BCUT2D eigenvalue weighted by Crippen LogP contribution is -2.40. The first kappa shape index (κ1) is 17.2. The Balaban J connectivity index is 2.14. The average molecular weight is 374 g/mol. The summed E-state index contributed by atoms with van der Waals surface area (Å²) >= 11 is 12.0. The Morgan fingerprint density at radius 3 is 2.52 bits per heavy atom. The van der Waals surface area contributed by atoms with E-state index in [2.05, 4.69) is 0 Å². The van der Waals surface area contributed by atoms with Crippen molar-refractivity contribution in [1.82, 2.24) is 0 Å². The molecule has 2 rings (SSSR count). The van der Waals surface area contributed by atoms with Gasteiger partial charge in [0.2, 0.25) is 9.05 Å². The molecule has 0 atom stereocenters. The van der Waals surface area contributed by atoms with Crippen LogP contribution in [0.2, 0.25) is 10.0 Å². The van der Waals surface area contributed by atoms with E-state index in [1.165, 1.54) is 0 Å². The number of benzene rings is 1. The van der Waals surface area contributed by atoms with Gasteiger partial charge in [0.15, 0.2) is 0 Å². The monoisotopic (exact) mass is 372 g/mol. The molecule has 8 heteroatoms. The van der Waals surface area contributed by atoms with Crippen LogP contribution in [0.1, 0.15) is 12.8 Å². The molecule has 0 spiro atoms. The first-order valence-electron chi connectivity index (χ1n) is 6.38. The summed E-state index contributed by atoms with van der Waals surface area (Å²) in [4.78, 5) is 0. The Kier molecular flexibility index (Phi) is 5.65. The van der Waals surface area contributed by atoms with Crippen molar-refractivity contribution in [2.45, 2.75) is 12.8 Å². The second-order valence-electron chi connectivity index (χ2n) is 5.14. The molecule has 1 saturated heterocycles. The molecule has 0 aliphatic carbocycles. The van der Waals surface area contributed by atoms with Gasteiger partial charge in [-0.15, -0.1) is 0 Å². The van der Waals surface area contributed by atoms with Crippen LogP contribution in [-0.4, -0.2) is 34.0 Å². The lowest BCUT2D eigenvalue weighted by molar-refractivity contribution is 0.00230. The molecule has 118 valence electrons. The molecular formula is C13H15Cl3O4S. The van der Waals surface area contributed by atoms with E-state index in [0.717, 1.165) is 0 Å². The van der Waals surface area contributed by atoms with Crippen LogP contribution in [0.4, 0.5) is 0 Å². The summed E-state index contributed by atoms with van der Waals surface area (Å²) in [6, 6.07) is 5.07. The maximum absolute atomic E-state index is 11.5. The van der Waals surface area contributed by atoms with Crippen molar-refractivity contribution in [3.05, 3.63) is 28.2 Å². The summed E-state index contributed by atoms with van der Waals surface area (Å²) in [7, 11) is 1.80. The number of hydrogen-bond acceptors (Lipinski definition) is 4. The van der Waals surface area contributed by atoms with E-state index >= 15 is 0 Å². The highest BCUT2D eigenvalue weighted by Gasteiger charge is 2.38. The van der Waals surface area contributed by atoms with Gasteiger partial charge in [-0.25, -0.2) is 8.42 Å². The van der Waals surface area contributed by atoms with Crippen LogP contribution in [0.3, 0.4) is 0 Å². The molecule has 21 heavy (non-hydrogen) atoms. The van der Waals surface area contributed by atoms with Gasteiger partial charge in [0.25, 0.3) is 0 Å². The van der Waals surface area contributed by atoms with Gasteiger partial charge in [0.1, 0.15) is 10.8 Å². The van der Waals surface area contributed by atoms with E-state index in [-0.39, 0.29) is 12.4 Å². The molecule has 0 radical (unpaired) electrons. The minimum Gasteiger partial charge on any atom is -0.491 e. The largest absolute Gasteiger partial charge is 0.491 e. The summed E-state index contributed by atoms with van der Waals surface area (Å²) in [6.07, 6.45) is 1.13. The summed E-state index contributed by atoms with van der Waals surface area (Å²) < 4.78 is 33.9. The summed E-state index contributed by atoms with van der Waals surface area (Å²) in [6.45, 7) is 1.17. The fourth-order valence-corrected chi connectivity index (χ4v) is 4.47. The van der Waals surface area contributed by atoms with Crippen LogP contribution in [0.5, 0.6) is 5.75 Å². The third-order valence-corrected chi connectivity index (χ3v) is 5.57. The van der Waals surface area contributed by atoms with Crippen molar-refractivity contribution in [1.29, 1.82) is 0 Å². The van der Waals surface area contributed by atoms with Gasteiger partial charge in [-0.1, -0.05) is 29.3 Å². The van der Waals surface area contributed by atoms with Gasteiger partial charge in [0.05, 0.1) is 17.4 Å². The fourth-order valence-electron chi connectivity index (χ4n) is 2.33. The zero-order valence-electron chi connectivity index (χ0n) is 11.1. The molecule has 0 amide bonds. The van der Waals surface area contributed by atoms with Gasteiger partial charge in [0, 0.05) is 29.3 Å². The Bertz CT molecular complexity index is 597. The Hall–Kier alpha value is -0.200. The molecule has 1 aliphatic rings. The molecule has 0 unspecified atom stereocenters. The Morgan fingerprint density at radius 2 is 1.90 bits per heavy atom. The molecule has 1 fully saturated rings. The lowest BCUT2D eigenvalue weighted by atomic mass is 9.83. The van der Waals surface area contributed by atoms with Gasteiger partial charge in [-0.05, 0) is 25.0 Å². The second kappa shape index (κ2) is 6.92.